The molecule has 5 aromatic rings. The molecule has 5 rings (SSSR count). The van der Waals surface area contributed by atoms with Crippen LogP contribution in [0.4, 0.5) is 0 Å². The maximum Gasteiger partial charge on any atom is 0.364 e. The van der Waals surface area contributed by atoms with E-state index in [1.807, 2.05) is 55.5 Å². The lowest BCUT2D eigenvalue weighted by molar-refractivity contribution is 0.304. The minimum Gasteiger partial charge on any atom is -0.496 e. The first kappa shape index (κ1) is 20.7. The summed E-state index contributed by atoms with van der Waals surface area (Å²) in [5, 5.41) is 5.20. The molecule has 0 radical (unpaired) electrons. The van der Waals surface area contributed by atoms with Crippen LogP contribution in [0.1, 0.15) is 11.1 Å². The molecule has 1 aromatic heterocycles. The van der Waals surface area contributed by atoms with Crippen molar-refractivity contribution in [1.29, 1.82) is 0 Å². The van der Waals surface area contributed by atoms with Crippen molar-refractivity contribution in [3.05, 3.63) is 100 Å². The van der Waals surface area contributed by atoms with Crippen LogP contribution >= 0.6 is 0 Å². The van der Waals surface area contributed by atoms with E-state index in [0.29, 0.717) is 6.61 Å². The smallest absolute Gasteiger partial charge is 0.364 e. The number of fused-ring (bicyclic) bond motifs is 1. The Balaban J connectivity index is 1.45. The Morgan fingerprint density at radius 1 is 0.909 bits per heavy atom. The molecule has 1 N–H and O–H groups in total. The lowest BCUT2D eigenvalue weighted by Crippen LogP contribution is -2.40. The van der Waals surface area contributed by atoms with Gasteiger partial charge in [0.1, 0.15) is 18.1 Å². The first-order valence-corrected chi connectivity index (χ1v) is 10.8. The van der Waals surface area contributed by atoms with Crippen LogP contribution in [0.2, 0.25) is 0 Å². The van der Waals surface area contributed by atoms with E-state index in [-0.39, 0.29) is 5.69 Å². The van der Waals surface area contributed by atoms with Gasteiger partial charge in [0.05, 0.1) is 12.8 Å². The van der Waals surface area contributed by atoms with Gasteiger partial charge in [0, 0.05) is 18.2 Å². The fraction of sp³-hybridized carbons (Fsp3) is 0.148. The predicted octanol–water partition coefficient (Wildman–Crippen LogP) is 5.22. The summed E-state index contributed by atoms with van der Waals surface area (Å²) in [6, 6.07) is 26.3. The SMILES string of the molecule is COc1ccccc1-c1ccc2ccc(OCc3c(C)cccc3-n3[nH]n(C)c3=O)cc2c1. The summed E-state index contributed by atoms with van der Waals surface area (Å²) >= 11 is 0. The van der Waals surface area contributed by atoms with E-state index in [2.05, 4.69) is 35.5 Å². The molecule has 0 aliphatic rings. The largest absolute Gasteiger partial charge is 0.496 e. The average molecular weight is 440 g/mol. The van der Waals surface area contributed by atoms with Crippen molar-refractivity contribution in [2.45, 2.75) is 13.5 Å². The number of hydrogen-bond donors (Lipinski definition) is 1. The first-order chi connectivity index (χ1) is 16.0. The molecule has 0 fully saturated rings. The Hall–Kier alpha value is -4.19. The fourth-order valence-corrected chi connectivity index (χ4v) is 4.10. The molecule has 0 bridgehead atoms. The highest BCUT2D eigenvalue weighted by atomic mass is 16.5. The lowest BCUT2D eigenvalue weighted by Gasteiger charge is -2.18. The molecule has 6 heteroatoms. The molecule has 0 amide bonds. The molecule has 0 unspecified atom stereocenters. The Morgan fingerprint density at radius 2 is 1.73 bits per heavy atom. The van der Waals surface area contributed by atoms with Gasteiger partial charge in [-0.05, 0) is 59.2 Å². The van der Waals surface area contributed by atoms with Gasteiger partial charge in [0.15, 0.2) is 0 Å². The highest BCUT2D eigenvalue weighted by Gasteiger charge is 2.14. The van der Waals surface area contributed by atoms with Gasteiger partial charge >= 0.3 is 5.69 Å². The number of aryl methyl sites for hydroxylation is 2. The van der Waals surface area contributed by atoms with Crippen molar-refractivity contribution in [3.8, 4) is 28.3 Å². The molecule has 6 nitrogen and oxygen atoms in total. The standard InChI is InChI=1S/C27H25N3O3/c1-18-7-6-9-25(30-27(31)29(2)28-30)24(18)17-33-22-14-13-19-11-12-20(15-21(19)16-22)23-8-4-5-10-26(23)32-3/h4-16,28H,17H2,1-3H3. The lowest BCUT2D eigenvalue weighted by atomic mass is 10.0. The number of methoxy groups -OCH3 is 1. The van der Waals surface area contributed by atoms with Crippen LogP contribution in [0.5, 0.6) is 11.5 Å². The molecule has 0 saturated heterocycles. The van der Waals surface area contributed by atoms with Gasteiger partial charge in [-0.3, -0.25) is 0 Å². The maximum absolute atomic E-state index is 12.2. The number of benzene rings is 4. The van der Waals surface area contributed by atoms with Gasteiger partial charge in [-0.2, -0.15) is 4.68 Å². The predicted molar refractivity (Wildman–Crippen MR) is 130 cm³/mol. The quantitative estimate of drug-likeness (QED) is 0.395. The molecule has 0 spiro atoms. The summed E-state index contributed by atoms with van der Waals surface area (Å²) in [6.45, 7) is 2.38. The number of para-hydroxylation sites is 1. The molecule has 33 heavy (non-hydrogen) atoms. The van der Waals surface area contributed by atoms with Gasteiger partial charge in [0.2, 0.25) is 0 Å². The summed E-state index contributed by atoms with van der Waals surface area (Å²) in [6.07, 6.45) is 0. The molecular weight excluding hydrogens is 414 g/mol. The molecule has 0 atom stereocenters. The van der Waals surface area contributed by atoms with Crippen molar-refractivity contribution in [2.75, 3.05) is 7.11 Å². The third-order valence-corrected chi connectivity index (χ3v) is 5.97. The van der Waals surface area contributed by atoms with Gasteiger partial charge in [0.25, 0.3) is 0 Å². The number of hydrogen-bond acceptors (Lipinski definition) is 3. The van der Waals surface area contributed by atoms with Crippen LogP contribution in [0.25, 0.3) is 27.6 Å². The fourth-order valence-electron chi connectivity index (χ4n) is 4.10. The van der Waals surface area contributed by atoms with E-state index >= 15 is 0 Å². The zero-order chi connectivity index (χ0) is 22.9. The second kappa shape index (κ2) is 8.39. The first-order valence-electron chi connectivity index (χ1n) is 10.8. The van der Waals surface area contributed by atoms with E-state index in [1.54, 1.807) is 14.2 Å². The van der Waals surface area contributed by atoms with Gasteiger partial charge in [-0.25, -0.2) is 14.7 Å². The van der Waals surface area contributed by atoms with Crippen molar-refractivity contribution >= 4 is 10.8 Å². The van der Waals surface area contributed by atoms with E-state index in [9.17, 15) is 4.79 Å². The molecular formula is C27H25N3O3. The minimum absolute atomic E-state index is 0.101. The number of ether oxygens (including phenoxy) is 2. The number of aromatic nitrogens is 3. The van der Waals surface area contributed by atoms with Crippen LogP contribution < -0.4 is 15.2 Å². The normalized spacial score (nSPS) is 11.1. The van der Waals surface area contributed by atoms with Crippen LogP contribution in [0, 0.1) is 6.92 Å². The van der Waals surface area contributed by atoms with E-state index < -0.39 is 0 Å². The van der Waals surface area contributed by atoms with Crippen LogP contribution in [-0.4, -0.2) is 21.7 Å². The number of nitrogens with one attached hydrogen (secondary N) is 1. The van der Waals surface area contributed by atoms with Crippen LogP contribution in [-0.2, 0) is 13.7 Å². The molecule has 0 aliphatic heterocycles. The Kier molecular flexibility index (Phi) is 5.26. The summed E-state index contributed by atoms with van der Waals surface area (Å²) in [4.78, 5) is 12.2. The minimum atomic E-state index is -0.101. The molecule has 1 heterocycles. The topological polar surface area (TPSA) is 61.2 Å². The third-order valence-electron chi connectivity index (χ3n) is 5.97. The summed E-state index contributed by atoms with van der Waals surface area (Å²) in [7, 11) is 3.38. The Labute approximate surface area is 191 Å². The second-order valence-electron chi connectivity index (χ2n) is 8.06. The van der Waals surface area contributed by atoms with E-state index in [0.717, 1.165) is 50.2 Å². The van der Waals surface area contributed by atoms with Crippen molar-refractivity contribution < 1.29 is 9.47 Å². The van der Waals surface area contributed by atoms with Crippen LogP contribution in [0.15, 0.2) is 83.7 Å². The molecule has 0 aliphatic carbocycles. The Bertz CT molecular complexity index is 1510. The van der Waals surface area contributed by atoms with E-state index in [4.69, 9.17) is 9.47 Å². The summed E-state index contributed by atoms with van der Waals surface area (Å²) < 4.78 is 14.7. The van der Waals surface area contributed by atoms with Crippen molar-refractivity contribution in [3.63, 3.8) is 0 Å². The van der Waals surface area contributed by atoms with Crippen LogP contribution in [0.3, 0.4) is 0 Å². The van der Waals surface area contributed by atoms with Gasteiger partial charge < -0.3 is 9.47 Å². The second-order valence-corrected chi connectivity index (χ2v) is 8.06. The van der Waals surface area contributed by atoms with E-state index in [1.165, 1.54) is 9.36 Å². The van der Waals surface area contributed by atoms with Crippen molar-refractivity contribution in [2.24, 2.45) is 7.05 Å². The number of H-pyrrole nitrogens is 1. The summed E-state index contributed by atoms with van der Waals surface area (Å²) in [5.74, 6) is 1.62. The third kappa shape index (κ3) is 3.80. The van der Waals surface area contributed by atoms with Gasteiger partial charge in [-0.15, -0.1) is 0 Å². The summed E-state index contributed by atoms with van der Waals surface area (Å²) in [5.41, 5.74) is 4.87. The maximum atomic E-state index is 12.2. The number of nitrogens with zero attached hydrogens (tertiary/aromatic N) is 2. The van der Waals surface area contributed by atoms with Gasteiger partial charge in [-0.1, -0.05) is 48.5 Å². The Morgan fingerprint density at radius 3 is 2.52 bits per heavy atom. The highest BCUT2D eigenvalue weighted by molar-refractivity contribution is 5.89. The number of rotatable bonds is 6. The average Bonchev–Trinajstić information content (AvgIpc) is 2.85. The molecule has 4 aromatic carbocycles. The molecule has 0 saturated carbocycles. The molecule has 166 valence electrons. The highest BCUT2D eigenvalue weighted by Crippen LogP contribution is 2.33. The zero-order valence-corrected chi connectivity index (χ0v) is 18.8. The number of aromatic amines is 1. The zero-order valence-electron chi connectivity index (χ0n) is 18.8. The van der Waals surface area contributed by atoms with Crippen molar-refractivity contribution in [1.82, 2.24) is 14.6 Å². The monoisotopic (exact) mass is 439 g/mol.